The molecule has 1 heterocycles. The van der Waals surface area contributed by atoms with Crippen LogP contribution in [-0.4, -0.2) is 35.6 Å². The number of hydrogen-bond donors (Lipinski definition) is 1. The van der Waals surface area contributed by atoms with Gasteiger partial charge in [0.15, 0.2) is 0 Å². The minimum absolute atomic E-state index is 0. The van der Waals surface area contributed by atoms with E-state index >= 15 is 0 Å². The van der Waals surface area contributed by atoms with Crippen LogP contribution in [0.3, 0.4) is 0 Å². The van der Waals surface area contributed by atoms with E-state index in [0.29, 0.717) is 6.42 Å². The van der Waals surface area contributed by atoms with Crippen LogP contribution in [0.2, 0.25) is 0 Å². The SMILES string of the molecule is CC(C)(Cc1ccccc1)[C@H](N)C(=O)N1C[C@@H](F)C[C@H]1C#N.Cl. The van der Waals surface area contributed by atoms with Crippen LogP contribution in [0.1, 0.15) is 25.8 Å². The smallest absolute Gasteiger partial charge is 0.241 e. The highest BCUT2D eigenvalue weighted by molar-refractivity contribution is 5.85. The van der Waals surface area contributed by atoms with E-state index in [2.05, 4.69) is 0 Å². The summed E-state index contributed by atoms with van der Waals surface area (Å²) in [5.41, 5.74) is 6.78. The van der Waals surface area contributed by atoms with Crippen LogP contribution in [0.15, 0.2) is 30.3 Å². The third kappa shape index (κ3) is 4.43. The molecular weight excluding hydrogens is 317 g/mol. The van der Waals surface area contributed by atoms with Crippen molar-refractivity contribution in [1.29, 1.82) is 5.26 Å². The summed E-state index contributed by atoms with van der Waals surface area (Å²) in [4.78, 5) is 13.9. The van der Waals surface area contributed by atoms with E-state index in [1.807, 2.05) is 50.2 Å². The van der Waals surface area contributed by atoms with E-state index in [0.717, 1.165) is 5.56 Å². The summed E-state index contributed by atoms with van der Waals surface area (Å²) < 4.78 is 13.5. The van der Waals surface area contributed by atoms with Crippen LogP contribution in [0.4, 0.5) is 4.39 Å². The summed E-state index contributed by atoms with van der Waals surface area (Å²) in [6, 6.07) is 10.3. The van der Waals surface area contributed by atoms with E-state index in [9.17, 15) is 9.18 Å². The number of hydrogen-bond acceptors (Lipinski definition) is 3. The lowest BCUT2D eigenvalue weighted by Gasteiger charge is -2.34. The van der Waals surface area contributed by atoms with Gasteiger partial charge >= 0.3 is 0 Å². The normalized spacial score (nSPS) is 22.1. The number of likely N-dealkylation sites (tertiary alicyclic amines) is 1. The lowest BCUT2D eigenvalue weighted by Crippen LogP contribution is -2.53. The molecule has 0 radical (unpaired) electrons. The van der Waals surface area contributed by atoms with Crippen molar-refractivity contribution >= 4 is 18.3 Å². The Bertz CT molecular complexity index is 573. The number of alkyl halides is 1. The molecule has 2 rings (SSSR count). The number of nitrogens with two attached hydrogens (primary N) is 1. The molecule has 1 aliphatic heterocycles. The zero-order valence-corrected chi connectivity index (χ0v) is 14.2. The lowest BCUT2D eigenvalue weighted by atomic mass is 9.78. The Kier molecular flexibility index (Phi) is 6.55. The highest BCUT2D eigenvalue weighted by atomic mass is 35.5. The van der Waals surface area contributed by atoms with Crippen molar-refractivity contribution in [3.05, 3.63) is 35.9 Å². The maximum absolute atomic E-state index is 13.5. The molecule has 1 amide bonds. The standard InChI is InChI=1S/C17H22FN3O.ClH/c1-17(2,9-12-6-4-3-5-7-12)15(20)16(22)21-11-13(18)8-14(21)10-19;/h3-7,13-15H,8-9,11,20H2,1-2H3;1H/t13-,14-,15+;/m0./s1. The molecule has 0 unspecified atom stereocenters. The van der Waals surface area contributed by atoms with Crippen molar-refractivity contribution in [2.24, 2.45) is 11.1 Å². The van der Waals surface area contributed by atoms with E-state index in [1.165, 1.54) is 4.90 Å². The minimum atomic E-state index is -1.14. The molecule has 2 N–H and O–H groups in total. The molecule has 6 heteroatoms. The fourth-order valence-corrected chi connectivity index (χ4v) is 2.90. The van der Waals surface area contributed by atoms with E-state index in [4.69, 9.17) is 11.0 Å². The Morgan fingerprint density at radius 3 is 2.65 bits per heavy atom. The van der Waals surface area contributed by atoms with Gasteiger partial charge in [-0.25, -0.2) is 4.39 Å². The molecule has 4 nitrogen and oxygen atoms in total. The first-order valence-electron chi connectivity index (χ1n) is 7.49. The molecule has 3 atom stereocenters. The second kappa shape index (κ2) is 7.76. The predicted octanol–water partition coefficient (Wildman–Crippen LogP) is 2.47. The Morgan fingerprint density at radius 2 is 2.09 bits per heavy atom. The van der Waals surface area contributed by atoms with Crippen LogP contribution in [-0.2, 0) is 11.2 Å². The van der Waals surface area contributed by atoms with Crippen LogP contribution in [0.25, 0.3) is 0 Å². The molecule has 23 heavy (non-hydrogen) atoms. The Balaban J connectivity index is 0.00000264. The molecule has 0 aromatic heterocycles. The van der Waals surface area contributed by atoms with E-state index in [1.54, 1.807) is 0 Å². The maximum Gasteiger partial charge on any atom is 0.241 e. The summed E-state index contributed by atoms with van der Waals surface area (Å²) >= 11 is 0. The molecular formula is C17H23ClFN3O. The Morgan fingerprint density at radius 1 is 1.48 bits per heavy atom. The zero-order chi connectivity index (χ0) is 16.3. The number of nitrogens with zero attached hydrogens (tertiary/aromatic N) is 2. The predicted molar refractivity (Wildman–Crippen MR) is 89.8 cm³/mol. The van der Waals surface area contributed by atoms with Gasteiger partial charge in [0, 0.05) is 6.42 Å². The first-order valence-corrected chi connectivity index (χ1v) is 7.49. The maximum atomic E-state index is 13.5. The van der Waals surface area contributed by atoms with Gasteiger partial charge in [0.2, 0.25) is 5.91 Å². The first kappa shape index (κ1) is 19.4. The highest BCUT2D eigenvalue weighted by Gasteiger charge is 2.41. The fourth-order valence-electron chi connectivity index (χ4n) is 2.90. The Labute approximate surface area is 142 Å². The summed E-state index contributed by atoms with van der Waals surface area (Å²) in [6.45, 7) is 3.81. The van der Waals surface area contributed by atoms with Crippen molar-refractivity contribution in [2.45, 2.75) is 44.9 Å². The fraction of sp³-hybridized carbons (Fsp3) is 0.529. The summed E-state index contributed by atoms with van der Waals surface area (Å²) in [7, 11) is 0. The third-order valence-electron chi connectivity index (χ3n) is 4.29. The lowest BCUT2D eigenvalue weighted by molar-refractivity contribution is -0.135. The summed E-state index contributed by atoms with van der Waals surface area (Å²) in [6.07, 6.45) is -0.420. The van der Waals surface area contributed by atoms with Gasteiger partial charge in [-0.15, -0.1) is 12.4 Å². The van der Waals surface area contributed by atoms with Crippen LogP contribution >= 0.6 is 12.4 Å². The van der Waals surface area contributed by atoms with Crippen molar-refractivity contribution in [3.63, 3.8) is 0 Å². The molecule has 1 aromatic carbocycles. The molecule has 1 aliphatic rings. The molecule has 0 aliphatic carbocycles. The van der Waals surface area contributed by atoms with E-state index < -0.39 is 23.7 Å². The topological polar surface area (TPSA) is 70.1 Å². The molecule has 0 saturated carbocycles. The monoisotopic (exact) mass is 339 g/mol. The number of halogens is 2. The second-order valence-corrected chi connectivity index (χ2v) is 6.60. The van der Waals surface area contributed by atoms with Gasteiger partial charge in [0.25, 0.3) is 0 Å². The van der Waals surface area contributed by atoms with Gasteiger partial charge in [-0.2, -0.15) is 5.26 Å². The number of carbonyl (C=O) groups excluding carboxylic acids is 1. The number of amides is 1. The minimum Gasteiger partial charge on any atom is -0.322 e. The van der Waals surface area contributed by atoms with Gasteiger partial charge in [-0.1, -0.05) is 44.2 Å². The molecule has 1 saturated heterocycles. The molecule has 0 bridgehead atoms. The third-order valence-corrected chi connectivity index (χ3v) is 4.29. The van der Waals surface area contributed by atoms with Gasteiger partial charge < -0.3 is 10.6 Å². The molecule has 0 spiro atoms. The second-order valence-electron chi connectivity index (χ2n) is 6.60. The average Bonchev–Trinajstić information content (AvgIpc) is 2.87. The van der Waals surface area contributed by atoms with Crippen LogP contribution in [0.5, 0.6) is 0 Å². The van der Waals surface area contributed by atoms with Crippen molar-refractivity contribution in [3.8, 4) is 6.07 Å². The first-order chi connectivity index (χ1) is 10.3. The zero-order valence-electron chi connectivity index (χ0n) is 13.4. The largest absolute Gasteiger partial charge is 0.322 e. The molecule has 1 fully saturated rings. The molecule has 126 valence electrons. The number of rotatable bonds is 4. The van der Waals surface area contributed by atoms with Crippen LogP contribution in [0, 0.1) is 16.7 Å². The van der Waals surface area contributed by atoms with E-state index in [-0.39, 0.29) is 31.3 Å². The van der Waals surface area contributed by atoms with Crippen LogP contribution < -0.4 is 5.73 Å². The van der Waals surface area contributed by atoms with Crippen molar-refractivity contribution < 1.29 is 9.18 Å². The Hall–Kier alpha value is -1.64. The van der Waals surface area contributed by atoms with Gasteiger partial charge in [-0.05, 0) is 17.4 Å². The quantitative estimate of drug-likeness (QED) is 0.916. The number of benzene rings is 1. The van der Waals surface area contributed by atoms with Crippen molar-refractivity contribution in [2.75, 3.05) is 6.54 Å². The van der Waals surface area contributed by atoms with Gasteiger partial charge in [0.1, 0.15) is 12.2 Å². The van der Waals surface area contributed by atoms with Gasteiger partial charge in [0.05, 0.1) is 18.7 Å². The van der Waals surface area contributed by atoms with Gasteiger partial charge in [-0.3, -0.25) is 4.79 Å². The number of carbonyl (C=O) groups is 1. The summed E-state index contributed by atoms with van der Waals surface area (Å²) in [5, 5.41) is 9.07. The van der Waals surface area contributed by atoms with Crippen molar-refractivity contribution in [1.82, 2.24) is 4.90 Å². The number of nitriles is 1. The summed E-state index contributed by atoms with van der Waals surface area (Å²) in [5.74, 6) is -0.340. The average molecular weight is 340 g/mol. The highest BCUT2D eigenvalue weighted by Crippen LogP contribution is 2.29. The molecule has 1 aromatic rings.